The molecule has 0 aliphatic heterocycles. The molecule has 0 aliphatic carbocycles. The SMILES string of the molecule is CCC(C)NCCCOC=O. The second-order valence-electron chi connectivity index (χ2n) is 2.58. The first kappa shape index (κ1) is 10.4. The molecule has 0 spiro atoms. The zero-order valence-electron chi connectivity index (χ0n) is 7.30. The van der Waals surface area contributed by atoms with Crippen molar-refractivity contribution in [2.24, 2.45) is 0 Å². The topological polar surface area (TPSA) is 38.3 Å². The van der Waals surface area contributed by atoms with Gasteiger partial charge in [-0.05, 0) is 26.3 Å². The van der Waals surface area contributed by atoms with E-state index in [-0.39, 0.29) is 0 Å². The van der Waals surface area contributed by atoms with Gasteiger partial charge < -0.3 is 10.1 Å². The Labute approximate surface area is 68.1 Å². The molecular weight excluding hydrogens is 142 g/mol. The Kier molecular flexibility index (Phi) is 7.15. The Bertz CT molecular complexity index is 96.1. The van der Waals surface area contributed by atoms with Crippen molar-refractivity contribution < 1.29 is 9.53 Å². The lowest BCUT2D eigenvalue weighted by Crippen LogP contribution is -2.26. The first-order valence-corrected chi connectivity index (χ1v) is 4.10. The van der Waals surface area contributed by atoms with Crippen molar-refractivity contribution in [1.82, 2.24) is 5.32 Å². The van der Waals surface area contributed by atoms with Crippen LogP contribution >= 0.6 is 0 Å². The minimum absolute atomic E-state index is 0.489. The largest absolute Gasteiger partial charge is 0.468 e. The second kappa shape index (κ2) is 7.54. The van der Waals surface area contributed by atoms with Gasteiger partial charge in [0, 0.05) is 6.04 Å². The Morgan fingerprint density at radius 3 is 2.91 bits per heavy atom. The molecule has 66 valence electrons. The zero-order valence-corrected chi connectivity index (χ0v) is 7.30. The monoisotopic (exact) mass is 159 g/mol. The number of hydrogen-bond donors (Lipinski definition) is 1. The molecule has 0 radical (unpaired) electrons. The molecule has 1 N–H and O–H groups in total. The van der Waals surface area contributed by atoms with Crippen LogP contribution in [0.4, 0.5) is 0 Å². The summed E-state index contributed by atoms with van der Waals surface area (Å²) in [6.45, 7) is 6.21. The molecule has 0 aromatic rings. The van der Waals surface area contributed by atoms with Crippen LogP contribution < -0.4 is 5.32 Å². The van der Waals surface area contributed by atoms with Crippen LogP contribution in [0.2, 0.25) is 0 Å². The lowest BCUT2D eigenvalue weighted by molar-refractivity contribution is -0.128. The van der Waals surface area contributed by atoms with Crippen molar-refractivity contribution >= 4 is 6.47 Å². The minimum Gasteiger partial charge on any atom is -0.468 e. The van der Waals surface area contributed by atoms with Gasteiger partial charge in [-0.3, -0.25) is 4.79 Å². The quantitative estimate of drug-likeness (QED) is 0.444. The molecule has 0 aliphatic rings. The van der Waals surface area contributed by atoms with Gasteiger partial charge in [0.05, 0.1) is 6.61 Å². The third-order valence-electron chi connectivity index (χ3n) is 1.61. The van der Waals surface area contributed by atoms with Crippen molar-refractivity contribution in [3.63, 3.8) is 0 Å². The van der Waals surface area contributed by atoms with E-state index in [0.29, 0.717) is 19.1 Å². The van der Waals surface area contributed by atoms with E-state index in [1.807, 2.05) is 0 Å². The van der Waals surface area contributed by atoms with Gasteiger partial charge in [0.2, 0.25) is 0 Å². The number of nitrogens with one attached hydrogen (secondary N) is 1. The molecule has 3 nitrogen and oxygen atoms in total. The van der Waals surface area contributed by atoms with Crippen LogP contribution in [0.25, 0.3) is 0 Å². The average Bonchev–Trinajstić information content (AvgIpc) is 2.04. The zero-order chi connectivity index (χ0) is 8.53. The van der Waals surface area contributed by atoms with Crippen molar-refractivity contribution in [2.75, 3.05) is 13.2 Å². The fraction of sp³-hybridized carbons (Fsp3) is 0.875. The van der Waals surface area contributed by atoms with Crippen LogP contribution in [0.3, 0.4) is 0 Å². The van der Waals surface area contributed by atoms with Crippen LogP contribution in [0.15, 0.2) is 0 Å². The summed E-state index contributed by atoms with van der Waals surface area (Å²) in [7, 11) is 0. The highest BCUT2D eigenvalue weighted by molar-refractivity contribution is 5.36. The van der Waals surface area contributed by atoms with Gasteiger partial charge in [-0.25, -0.2) is 0 Å². The van der Waals surface area contributed by atoms with Crippen LogP contribution in [-0.2, 0) is 9.53 Å². The summed E-state index contributed by atoms with van der Waals surface area (Å²) < 4.78 is 4.53. The molecule has 3 heteroatoms. The van der Waals surface area contributed by atoms with Crippen molar-refractivity contribution in [1.29, 1.82) is 0 Å². The predicted molar refractivity (Wildman–Crippen MR) is 44.4 cm³/mol. The molecule has 0 saturated heterocycles. The molecule has 0 aromatic carbocycles. The Hall–Kier alpha value is -0.570. The normalized spacial score (nSPS) is 12.5. The molecule has 0 amide bonds. The second-order valence-corrected chi connectivity index (χ2v) is 2.58. The van der Waals surface area contributed by atoms with E-state index < -0.39 is 0 Å². The van der Waals surface area contributed by atoms with Crippen LogP contribution in [-0.4, -0.2) is 25.7 Å². The van der Waals surface area contributed by atoms with Gasteiger partial charge in [-0.2, -0.15) is 0 Å². The fourth-order valence-electron chi connectivity index (χ4n) is 0.696. The van der Waals surface area contributed by atoms with E-state index in [9.17, 15) is 4.79 Å². The Balaban J connectivity index is 2.95. The molecule has 1 unspecified atom stereocenters. The van der Waals surface area contributed by atoms with Gasteiger partial charge in [-0.15, -0.1) is 0 Å². The number of carbonyl (C=O) groups excluding carboxylic acids is 1. The van der Waals surface area contributed by atoms with Crippen molar-refractivity contribution in [2.45, 2.75) is 32.7 Å². The summed E-state index contributed by atoms with van der Waals surface area (Å²) >= 11 is 0. The smallest absolute Gasteiger partial charge is 0.293 e. The summed E-state index contributed by atoms with van der Waals surface area (Å²) in [4.78, 5) is 9.72. The highest BCUT2D eigenvalue weighted by Crippen LogP contribution is 1.87. The molecule has 1 atom stereocenters. The minimum atomic E-state index is 0.489. The number of ether oxygens (including phenoxy) is 1. The summed E-state index contributed by atoms with van der Waals surface area (Å²) in [6.07, 6.45) is 2.03. The van der Waals surface area contributed by atoms with E-state index in [1.165, 1.54) is 0 Å². The van der Waals surface area contributed by atoms with Crippen molar-refractivity contribution in [3.8, 4) is 0 Å². The first-order valence-electron chi connectivity index (χ1n) is 4.10. The van der Waals surface area contributed by atoms with E-state index in [4.69, 9.17) is 0 Å². The number of rotatable bonds is 7. The lowest BCUT2D eigenvalue weighted by atomic mass is 10.2. The molecule has 0 rings (SSSR count). The first-order chi connectivity index (χ1) is 5.31. The van der Waals surface area contributed by atoms with Gasteiger partial charge in [-0.1, -0.05) is 6.92 Å². The van der Waals surface area contributed by atoms with E-state index in [1.54, 1.807) is 0 Å². The standard InChI is InChI=1S/C8H17NO2/c1-3-8(2)9-5-4-6-11-7-10/h7-9H,3-6H2,1-2H3. The van der Waals surface area contributed by atoms with Crippen LogP contribution in [0.5, 0.6) is 0 Å². The van der Waals surface area contributed by atoms with E-state index in [2.05, 4.69) is 23.9 Å². The van der Waals surface area contributed by atoms with Gasteiger partial charge in [0.15, 0.2) is 0 Å². The maximum Gasteiger partial charge on any atom is 0.293 e. The Morgan fingerprint density at radius 1 is 1.64 bits per heavy atom. The maximum absolute atomic E-state index is 9.72. The summed E-state index contributed by atoms with van der Waals surface area (Å²) in [5.41, 5.74) is 0. The fourth-order valence-corrected chi connectivity index (χ4v) is 0.696. The van der Waals surface area contributed by atoms with Gasteiger partial charge in [0.25, 0.3) is 6.47 Å². The van der Waals surface area contributed by atoms with Gasteiger partial charge in [0.1, 0.15) is 0 Å². The van der Waals surface area contributed by atoms with E-state index >= 15 is 0 Å². The van der Waals surface area contributed by atoms with E-state index in [0.717, 1.165) is 19.4 Å². The number of carbonyl (C=O) groups is 1. The molecule has 0 heterocycles. The van der Waals surface area contributed by atoms with Crippen molar-refractivity contribution in [3.05, 3.63) is 0 Å². The highest BCUT2D eigenvalue weighted by atomic mass is 16.5. The lowest BCUT2D eigenvalue weighted by Gasteiger charge is -2.09. The highest BCUT2D eigenvalue weighted by Gasteiger charge is 1.94. The molecule has 0 fully saturated rings. The van der Waals surface area contributed by atoms with Crippen LogP contribution in [0.1, 0.15) is 26.7 Å². The molecule has 0 bridgehead atoms. The van der Waals surface area contributed by atoms with Gasteiger partial charge >= 0.3 is 0 Å². The third kappa shape index (κ3) is 7.33. The molecule has 0 aromatic heterocycles. The summed E-state index contributed by atoms with van der Waals surface area (Å²) in [5.74, 6) is 0. The Morgan fingerprint density at radius 2 is 2.36 bits per heavy atom. The van der Waals surface area contributed by atoms with Crippen LogP contribution in [0, 0.1) is 0 Å². The third-order valence-corrected chi connectivity index (χ3v) is 1.61. The summed E-state index contributed by atoms with van der Waals surface area (Å²) in [5, 5.41) is 3.30. The molecular formula is C8H17NO2. The molecule has 11 heavy (non-hydrogen) atoms. The summed E-state index contributed by atoms with van der Waals surface area (Å²) in [6, 6.07) is 0.561. The average molecular weight is 159 g/mol. The molecule has 0 saturated carbocycles. The maximum atomic E-state index is 9.72. The number of hydrogen-bond acceptors (Lipinski definition) is 3. The predicted octanol–water partition coefficient (Wildman–Crippen LogP) is 0.938.